The van der Waals surface area contributed by atoms with Crippen LogP contribution in [0.2, 0.25) is 0 Å². The molecule has 0 spiro atoms. The first-order chi connectivity index (χ1) is 9.97. The lowest BCUT2D eigenvalue weighted by molar-refractivity contribution is 0.126. The summed E-state index contributed by atoms with van der Waals surface area (Å²) in [5.41, 5.74) is 6.76. The fourth-order valence-corrected chi connectivity index (χ4v) is 4.85. The first-order valence-corrected chi connectivity index (χ1v) is 8.76. The maximum absolute atomic E-state index is 12.4. The van der Waals surface area contributed by atoms with Crippen molar-refractivity contribution in [1.29, 1.82) is 0 Å². The van der Waals surface area contributed by atoms with Crippen molar-refractivity contribution >= 4 is 20.8 Å². The van der Waals surface area contributed by atoms with E-state index in [1.807, 2.05) is 30.3 Å². The van der Waals surface area contributed by atoms with Crippen LogP contribution in [-0.4, -0.2) is 32.1 Å². The number of nitrogens with two attached hydrogens (primary N) is 1. The van der Waals surface area contributed by atoms with Crippen molar-refractivity contribution in [3.63, 3.8) is 0 Å². The van der Waals surface area contributed by atoms with Crippen LogP contribution in [0.1, 0.15) is 25.1 Å². The summed E-state index contributed by atoms with van der Waals surface area (Å²) in [6, 6.07) is 8.68. The largest absolute Gasteiger partial charge is 0.459 e. The molecule has 2 N–H and O–H groups in total. The molecule has 3 unspecified atom stereocenters. The van der Waals surface area contributed by atoms with Crippen LogP contribution in [0.4, 0.5) is 0 Å². The third kappa shape index (κ3) is 2.84. The summed E-state index contributed by atoms with van der Waals surface area (Å²) in [7, 11) is -3.30. The van der Waals surface area contributed by atoms with E-state index < -0.39 is 21.1 Å². The van der Waals surface area contributed by atoms with E-state index in [0.29, 0.717) is 18.8 Å². The van der Waals surface area contributed by atoms with Crippen molar-refractivity contribution in [1.82, 2.24) is 0 Å². The zero-order valence-electron chi connectivity index (χ0n) is 11.9. The number of ether oxygens (including phenoxy) is 1. The number of benzene rings is 1. The topological polar surface area (TPSA) is 82.5 Å². The predicted molar refractivity (Wildman–Crippen MR) is 80.7 cm³/mol. The molecule has 0 radical (unpaired) electrons. The lowest BCUT2D eigenvalue weighted by atomic mass is 10.2. The first kappa shape index (κ1) is 14.6. The number of hydrogen-bond acceptors (Lipinski definition) is 5. The molecule has 0 aliphatic carbocycles. The smallest absolute Gasteiger partial charge is 0.157 e. The van der Waals surface area contributed by atoms with E-state index >= 15 is 0 Å². The van der Waals surface area contributed by atoms with Crippen molar-refractivity contribution < 1.29 is 17.6 Å². The third-order valence-corrected chi connectivity index (χ3v) is 6.36. The SMILES string of the molecule is CC1OCCC1S(=O)(=O)CC(N)c1cc2ccccc2o1. The van der Waals surface area contributed by atoms with Gasteiger partial charge in [-0.25, -0.2) is 8.42 Å². The van der Waals surface area contributed by atoms with Gasteiger partial charge in [0.05, 0.1) is 23.1 Å². The summed E-state index contributed by atoms with van der Waals surface area (Å²) in [6.07, 6.45) is 0.272. The summed E-state index contributed by atoms with van der Waals surface area (Å²) < 4.78 is 35.9. The Labute approximate surface area is 124 Å². The normalized spacial score (nSPS) is 24.5. The van der Waals surface area contributed by atoms with Crippen LogP contribution < -0.4 is 5.73 Å². The second kappa shape index (κ2) is 5.44. The fraction of sp³-hybridized carbons (Fsp3) is 0.467. The summed E-state index contributed by atoms with van der Waals surface area (Å²) in [5, 5.41) is 0.464. The molecule has 1 aliphatic heterocycles. The van der Waals surface area contributed by atoms with E-state index in [9.17, 15) is 8.42 Å². The van der Waals surface area contributed by atoms with Crippen LogP contribution in [0, 0.1) is 0 Å². The molecule has 1 aromatic heterocycles. The molecular formula is C15H19NO4S. The van der Waals surface area contributed by atoms with Gasteiger partial charge in [0.15, 0.2) is 9.84 Å². The Balaban J connectivity index is 1.80. The quantitative estimate of drug-likeness (QED) is 0.934. The fourth-order valence-electron chi connectivity index (χ4n) is 2.82. The standard InChI is InChI=1S/C15H19NO4S/c1-10-15(6-7-19-10)21(17,18)9-12(16)14-8-11-4-2-3-5-13(11)20-14/h2-5,8,10,12,15H,6-7,9,16H2,1H3. The van der Waals surface area contributed by atoms with E-state index in [0.717, 1.165) is 11.0 Å². The Hall–Kier alpha value is -1.37. The molecule has 2 aromatic rings. The van der Waals surface area contributed by atoms with Gasteiger partial charge in [-0.2, -0.15) is 0 Å². The molecule has 1 aromatic carbocycles. The van der Waals surface area contributed by atoms with Crippen molar-refractivity contribution in [3.05, 3.63) is 36.1 Å². The average molecular weight is 309 g/mol. The molecule has 21 heavy (non-hydrogen) atoms. The number of hydrogen-bond donors (Lipinski definition) is 1. The van der Waals surface area contributed by atoms with E-state index in [2.05, 4.69) is 0 Å². The van der Waals surface area contributed by atoms with Gasteiger partial charge in [0.1, 0.15) is 11.3 Å². The Bertz CT molecular complexity index is 704. The van der Waals surface area contributed by atoms with Gasteiger partial charge in [-0.15, -0.1) is 0 Å². The van der Waals surface area contributed by atoms with Crippen molar-refractivity contribution in [2.75, 3.05) is 12.4 Å². The molecule has 2 heterocycles. The van der Waals surface area contributed by atoms with Crippen LogP contribution in [0.5, 0.6) is 0 Å². The molecular weight excluding hydrogens is 290 g/mol. The van der Waals surface area contributed by atoms with Crippen molar-refractivity contribution in [3.8, 4) is 0 Å². The summed E-state index contributed by atoms with van der Waals surface area (Å²) in [4.78, 5) is 0. The van der Waals surface area contributed by atoms with Crippen LogP contribution in [-0.2, 0) is 14.6 Å². The van der Waals surface area contributed by atoms with Gasteiger partial charge in [-0.05, 0) is 25.5 Å². The lowest BCUT2D eigenvalue weighted by Gasteiger charge is -2.17. The first-order valence-electron chi connectivity index (χ1n) is 7.04. The highest BCUT2D eigenvalue weighted by atomic mass is 32.2. The van der Waals surface area contributed by atoms with Gasteiger partial charge in [0.25, 0.3) is 0 Å². The molecule has 3 rings (SSSR count). The molecule has 1 fully saturated rings. The second-order valence-electron chi connectivity index (χ2n) is 5.53. The number of para-hydroxylation sites is 1. The summed E-state index contributed by atoms with van der Waals surface area (Å²) >= 11 is 0. The Morgan fingerprint density at radius 2 is 2.14 bits per heavy atom. The van der Waals surface area contributed by atoms with Crippen molar-refractivity contribution in [2.24, 2.45) is 5.73 Å². The minimum Gasteiger partial charge on any atom is -0.459 e. The van der Waals surface area contributed by atoms with Gasteiger partial charge in [0, 0.05) is 12.0 Å². The number of furan rings is 1. The Morgan fingerprint density at radius 3 is 2.81 bits per heavy atom. The molecule has 3 atom stereocenters. The van der Waals surface area contributed by atoms with Gasteiger partial charge >= 0.3 is 0 Å². The predicted octanol–water partition coefficient (Wildman–Crippen LogP) is 2.02. The number of sulfone groups is 1. The molecule has 0 saturated carbocycles. The maximum Gasteiger partial charge on any atom is 0.157 e. The van der Waals surface area contributed by atoms with Gasteiger partial charge < -0.3 is 14.9 Å². The van der Waals surface area contributed by atoms with E-state index in [-0.39, 0.29) is 11.9 Å². The van der Waals surface area contributed by atoms with Crippen LogP contribution in [0.25, 0.3) is 11.0 Å². The molecule has 1 aliphatic rings. The zero-order valence-corrected chi connectivity index (χ0v) is 12.7. The van der Waals surface area contributed by atoms with E-state index in [1.54, 1.807) is 6.92 Å². The molecule has 114 valence electrons. The molecule has 0 bridgehead atoms. The molecule has 6 heteroatoms. The van der Waals surface area contributed by atoms with E-state index in [1.165, 1.54) is 0 Å². The highest BCUT2D eigenvalue weighted by Crippen LogP contribution is 2.27. The zero-order chi connectivity index (χ0) is 15.0. The van der Waals surface area contributed by atoms with E-state index in [4.69, 9.17) is 14.9 Å². The highest BCUT2D eigenvalue weighted by Gasteiger charge is 2.37. The van der Waals surface area contributed by atoms with Gasteiger partial charge in [-0.3, -0.25) is 0 Å². The minimum atomic E-state index is -3.30. The Kier molecular flexibility index (Phi) is 3.77. The summed E-state index contributed by atoms with van der Waals surface area (Å²) in [6.45, 7) is 2.28. The van der Waals surface area contributed by atoms with Crippen LogP contribution in [0.3, 0.4) is 0 Å². The van der Waals surface area contributed by atoms with Gasteiger partial charge in [0.2, 0.25) is 0 Å². The lowest BCUT2D eigenvalue weighted by Crippen LogP contribution is -2.34. The average Bonchev–Trinajstić information content (AvgIpc) is 3.03. The monoisotopic (exact) mass is 309 g/mol. The Morgan fingerprint density at radius 1 is 1.38 bits per heavy atom. The minimum absolute atomic E-state index is 0.120. The summed E-state index contributed by atoms with van der Waals surface area (Å²) in [5.74, 6) is 0.386. The van der Waals surface area contributed by atoms with Crippen LogP contribution >= 0.6 is 0 Å². The molecule has 1 saturated heterocycles. The number of fused-ring (bicyclic) bond motifs is 1. The van der Waals surface area contributed by atoms with Crippen molar-refractivity contribution in [2.45, 2.75) is 30.7 Å². The maximum atomic E-state index is 12.4. The second-order valence-corrected chi connectivity index (χ2v) is 7.79. The molecule has 5 nitrogen and oxygen atoms in total. The highest BCUT2D eigenvalue weighted by molar-refractivity contribution is 7.92. The number of rotatable bonds is 4. The molecule has 0 amide bonds. The van der Waals surface area contributed by atoms with Gasteiger partial charge in [-0.1, -0.05) is 18.2 Å². The van der Waals surface area contributed by atoms with Crippen LogP contribution in [0.15, 0.2) is 34.7 Å². The third-order valence-electron chi connectivity index (χ3n) is 3.99.